The van der Waals surface area contributed by atoms with Crippen LogP contribution >= 0.6 is 0 Å². The smallest absolute Gasteiger partial charge is 0.143 e. The monoisotopic (exact) mass is 138 g/mol. The Hall–Kier alpha value is -0.765. The van der Waals surface area contributed by atoms with E-state index >= 15 is 0 Å². The van der Waals surface area contributed by atoms with Crippen molar-refractivity contribution in [3.05, 3.63) is 11.7 Å². The molecule has 1 aliphatic rings. The first-order valence-electron chi connectivity index (χ1n) is 3.34. The van der Waals surface area contributed by atoms with Crippen LogP contribution in [0.5, 0.6) is 0 Å². The van der Waals surface area contributed by atoms with E-state index in [1.807, 2.05) is 14.0 Å². The van der Waals surface area contributed by atoms with Crippen molar-refractivity contribution in [3.8, 4) is 0 Å². The Morgan fingerprint density at radius 3 is 2.80 bits per heavy atom. The molecule has 0 atom stereocenters. The summed E-state index contributed by atoms with van der Waals surface area (Å²) in [4.78, 5) is 0. The van der Waals surface area contributed by atoms with E-state index in [-0.39, 0.29) is 0 Å². The zero-order valence-corrected chi connectivity index (χ0v) is 6.05. The molecule has 1 saturated heterocycles. The fraction of sp³-hybridized carbons (Fsp3) is 0.500. The molecule has 0 amide bonds. The molecule has 1 fully saturated rings. The maximum Gasteiger partial charge on any atom is 0.143 e. The van der Waals surface area contributed by atoms with Crippen LogP contribution in [-0.4, -0.2) is 33.3 Å². The van der Waals surface area contributed by atoms with E-state index in [1.165, 1.54) is 6.21 Å². The van der Waals surface area contributed by atoms with Gasteiger partial charge in [-0.05, 0) is 6.20 Å². The van der Waals surface area contributed by atoms with Gasteiger partial charge in [-0.1, -0.05) is 5.47 Å². The molecule has 1 aliphatic heterocycles. The molecule has 1 heterocycles. The third kappa shape index (κ3) is 1.88. The van der Waals surface area contributed by atoms with Gasteiger partial charge in [0.1, 0.15) is 7.85 Å². The summed E-state index contributed by atoms with van der Waals surface area (Å²) in [7, 11) is 1.89. The van der Waals surface area contributed by atoms with E-state index in [0.717, 1.165) is 18.7 Å². The number of rotatable bonds is 3. The number of ether oxygens (including phenoxy) is 1. The molecule has 54 valence electrons. The lowest BCUT2D eigenvalue weighted by Gasteiger charge is -2.26. The average molecular weight is 138 g/mol. The number of allylic oxidation sites excluding steroid dienone is 1. The van der Waals surface area contributed by atoms with Gasteiger partial charge in [-0.3, -0.25) is 0 Å². The molecule has 0 saturated carbocycles. The molecule has 0 radical (unpaired) electrons. The Morgan fingerprint density at radius 1 is 1.70 bits per heavy atom. The van der Waals surface area contributed by atoms with Crippen molar-refractivity contribution in [1.82, 2.24) is 5.32 Å². The standard InChI is InChI=1S/C6H11BN2O/c7-5(1-8)2-9-6-3-10-4-6/h1-2,6,8-9H,3-4,7H2/b5-2+,8-1?. The van der Waals surface area contributed by atoms with E-state index in [4.69, 9.17) is 10.1 Å². The highest BCUT2D eigenvalue weighted by molar-refractivity contribution is 6.32. The van der Waals surface area contributed by atoms with Crippen molar-refractivity contribution in [1.29, 1.82) is 5.41 Å². The molecule has 2 N–H and O–H groups in total. The maximum absolute atomic E-state index is 6.86. The normalized spacial score (nSPS) is 19.8. The Balaban J connectivity index is 2.18. The summed E-state index contributed by atoms with van der Waals surface area (Å²) in [6.07, 6.45) is 3.17. The Kier molecular flexibility index (Phi) is 2.51. The first-order valence-corrected chi connectivity index (χ1v) is 3.34. The molecule has 0 aromatic rings. The highest BCUT2D eigenvalue weighted by Crippen LogP contribution is 1.98. The van der Waals surface area contributed by atoms with E-state index in [9.17, 15) is 0 Å². The molecule has 3 nitrogen and oxygen atoms in total. The molecule has 0 unspecified atom stereocenters. The van der Waals surface area contributed by atoms with Crippen molar-refractivity contribution in [2.45, 2.75) is 6.04 Å². The molecule has 0 aromatic heterocycles. The van der Waals surface area contributed by atoms with E-state index < -0.39 is 0 Å². The summed E-state index contributed by atoms with van der Waals surface area (Å²) >= 11 is 0. The number of hydrogen-bond acceptors (Lipinski definition) is 3. The van der Waals surface area contributed by atoms with Gasteiger partial charge < -0.3 is 15.5 Å². The lowest BCUT2D eigenvalue weighted by Crippen LogP contribution is -2.43. The summed E-state index contributed by atoms with van der Waals surface area (Å²) in [5, 5.41) is 9.99. The zero-order valence-electron chi connectivity index (χ0n) is 6.05. The number of hydrogen-bond donors (Lipinski definition) is 2. The van der Waals surface area contributed by atoms with Gasteiger partial charge in [-0.25, -0.2) is 0 Å². The molecule has 0 bridgehead atoms. The lowest BCUT2D eigenvalue weighted by molar-refractivity contribution is 0.000758. The van der Waals surface area contributed by atoms with Crippen LogP contribution in [0.4, 0.5) is 0 Å². The minimum Gasteiger partial charge on any atom is -0.384 e. The fourth-order valence-electron chi connectivity index (χ4n) is 0.623. The molecule has 1 rings (SSSR count). The maximum atomic E-state index is 6.86. The van der Waals surface area contributed by atoms with Crippen LogP contribution in [0.2, 0.25) is 0 Å². The van der Waals surface area contributed by atoms with Crippen molar-refractivity contribution < 1.29 is 4.74 Å². The third-order valence-electron chi connectivity index (χ3n) is 1.41. The quantitative estimate of drug-likeness (QED) is 0.392. The first kappa shape index (κ1) is 7.34. The molecule has 4 heteroatoms. The second kappa shape index (κ2) is 3.41. The van der Waals surface area contributed by atoms with Crippen LogP contribution in [0, 0.1) is 5.41 Å². The van der Waals surface area contributed by atoms with Gasteiger partial charge >= 0.3 is 0 Å². The highest BCUT2D eigenvalue weighted by Gasteiger charge is 2.15. The number of nitrogens with one attached hydrogen (secondary N) is 2. The summed E-state index contributed by atoms with van der Waals surface area (Å²) in [5.41, 5.74) is 0.937. The second-order valence-electron chi connectivity index (χ2n) is 2.43. The Bertz CT molecular complexity index is 154. The summed E-state index contributed by atoms with van der Waals surface area (Å²) < 4.78 is 4.95. The summed E-state index contributed by atoms with van der Waals surface area (Å²) in [5.74, 6) is 0. The molecular formula is C6H11BN2O. The second-order valence-corrected chi connectivity index (χ2v) is 2.43. The molecule has 0 aromatic carbocycles. The van der Waals surface area contributed by atoms with Crippen LogP contribution in [0.3, 0.4) is 0 Å². The Morgan fingerprint density at radius 2 is 2.40 bits per heavy atom. The average Bonchev–Trinajstić information content (AvgIpc) is 1.84. The van der Waals surface area contributed by atoms with Crippen LogP contribution in [-0.2, 0) is 4.74 Å². The van der Waals surface area contributed by atoms with E-state index in [2.05, 4.69) is 5.32 Å². The van der Waals surface area contributed by atoms with Gasteiger partial charge in [0.05, 0.1) is 19.3 Å². The van der Waals surface area contributed by atoms with Crippen molar-refractivity contribution in [2.24, 2.45) is 0 Å². The van der Waals surface area contributed by atoms with Crippen LogP contribution < -0.4 is 5.32 Å². The van der Waals surface area contributed by atoms with Crippen molar-refractivity contribution in [3.63, 3.8) is 0 Å². The van der Waals surface area contributed by atoms with Gasteiger partial charge in [0, 0.05) is 6.21 Å². The van der Waals surface area contributed by atoms with Gasteiger partial charge in [-0.15, -0.1) is 0 Å². The molecule has 0 spiro atoms. The first-order chi connectivity index (χ1) is 4.83. The minimum absolute atomic E-state index is 0.467. The Labute approximate surface area is 61.4 Å². The molecular weight excluding hydrogens is 127 g/mol. The largest absolute Gasteiger partial charge is 0.384 e. The predicted molar refractivity (Wildman–Crippen MR) is 43.2 cm³/mol. The predicted octanol–water partition coefficient (Wildman–Crippen LogP) is -0.901. The summed E-state index contributed by atoms with van der Waals surface area (Å²) in [6.45, 7) is 1.59. The van der Waals surface area contributed by atoms with Gasteiger partial charge in [0.15, 0.2) is 0 Å². The van der Waals surface area contributed by atoms with E-state index in [0.29, 0.717) is 6.04 Å². The molecule has 0 aliphatic carbocycles. The fourth-order valence-corrected chi connectivity index (χ4v) is 0.623. The summed E-state index contributed by atoms with van der Waals surface area (Å²) in [6, 6.07) is 0.467. The SMILES string of the molecule is B/C(C=N)=C/NC1COC1. The van der Waals surface area contributed by atoms with Gasteiger partial charge in [0.25, 0.3) is 0 Å². The third-order valence-corrected chi connectivity index (χ3v) is 1.41. The lowest BCUT2D eigenvalue weighted by atomic mass is 9.98. The van der Waals surface area contributed by atoms with Gasteiger partial charge in [-0.2, -0.15) is 0 Å². The zero-order chi connectivity index (χ0) is 7.40. The highest BCUT2D eigenvalue weighted by atomic mass is 16.5. The minimum atomic E-state index is 0.467. The topological polar surface area (TPSA) is 45.1 Å². The van der Waals surface area contributed by atoms with Gasteiger partial charge in [0.2, 0.25) is 0 Å². The van der Waals surface area contributed by atoms with Crippen molar-refractivity contribution >= 4 is 14.1 Å². The van der Waals surface area contributed by atoms with Crippen LogP contribution in [0.15, 0.2) is 11.7 Å². The molecule has 10 heavy (non-hydrogen) atoms. The van der Waals surface area contributed by atoms with Crippen LogP contribution in [0.1, 0.15) is 0 Å². The van der Waals surface area contributed by atoms with Crippen molar-refractivity contribution in [2.75, 3.05) is 13.2 Å². The van der Waals surface area contributed by atoms with Crippen LogP contribution in [0.25, 0.3) is 0 Å². The van der Waals surface area contributed by atoms with E-state index in [1.54, 1.807) is 0 Å².